The molecule has 0 spiro atoms. The number of hydrogen-bond donors (Lipinski definition) is 1. The number of hydrogen-bond acceptors (Lipinski definition) is 2. The van der Waals surface area contributed by atoms with Crippen LogP contribution in [0.15, 0.2) is 0 Å². The molecule has 0 aromatic rings. The fourth-order valence-electron chi connectivity index (χ4n) is 0.530. The Morgan fingerprint density at radius 3 is 2.42 bits per heavy atom. The summed E-state index contributed by atoms with van der Waals surface area (Å²) in [5, 5.41) is 9.37. The van der Waals surface area contributed by atoms with Gasteiger partial charge in [0.2, 0.25) is 0 Å². The summed E-state index contributed by atoms with van der Waals surface area (Å²) < 4.78 is 0. The van der Waals surface area contributed by atoms with Crippen LogP contribution in [0.3, 0.4) is 0 Å². The van der Waals surface area contributed by atoms with Crippen LogP contribution in [-0.4, -0.2) is 22.1 Å². The highest BCUT2D eigenvalue weighted by molar-refractivity contribution is 7.99. The maximum atomic E-state index is 10.7. The molecule has 0 aliphatic heterocycles. The van der Waals surface area contributed by atoms with E-state index in [1.807, 2.05) is 0 Å². The summed E-state index contributed by atoms with van der Waals surface area (Å²) in [6.07, 6.45) is 1.10. The van der Waals surface area contributed by atoms with Crippen molar-refractivity contribution in [2.75, 3.05) is 5.75 Å². The van der Waals surface area contributed by atoms with Crippen LogP contribution in [0.25, 0.3) is 0 Å². The van der Waals surface area contributed by atoms with Crippen molar-refractivity contribution in [1.82, 2.24) is 0 Å². The van der Waals surface area contributed by atoms with Gasteiger partial charge in [-0.15, -0.1) is 0 Å². The van der Waals surface area contributed by atoms with E-state index in [0.717, 1.165) is 6.42 Å². The second kappa shape index (κ2) is 4.75. The van der Waals surface area contributed by atoms with Crippen LogP contribution in [0, 0.1) is 5.41 Å². The van der Waals surface area contributed by atoms with Crippen LogP contribution in [0.1, 0.15) is 34.1 Å². The van der Waals surface area contributed by atoms with E-state index < -0.39 is 11.4 Å². The van der Waals surface area contributed by atoms with Crippen molar-refractivity contribution in [3.05, 3.63) is 0 Å². The minimum Gasteiger partial charge on any atom is -0.481 e. The number of carbonyl (C=O) groups is 1. The number of aliphatic carboxylic acids is 1. The minimum absolute atomic E-state index is 0.559. The summed E-state index contributed by atoms with van der Waals surface area (Å²) in [4.78, 5) is 10.7. The van der Waals surface area contributed by atoms with E-state index >= 15 is 0 Å². The van der Waals surface area contributed by atoms with Crippen LogP contribution in [0.4, 0.5) is 0 Å². The summed E-state index contributed by atoms with van der Waals surface area (Å²) in [6, 6.07) is 0. The fourth-order valence-corrected chi connectivity index (χ4v) is 1.59. The molecule has 0 amide bonds. The van der Waals surface area contributed by atoms with Gasteiger partial charge in [-0.1, -0.05) is 13.8 Å². The molecule has 0 bridgehead atoms. The van der Waals surface area contributed by atoms with Crippen molar-refractivity contribution < 1.29 is 9.90 Å². The summed E-state index contributed by atoms with van der Waals surface area (Å²) in [5.41, 5.74) is -0.589. The summed E-state index contributed by atoms with van der Waals surface area (Å²) in [6.45, 7) is 7.78. The van der Waals surface area contributed by atoms with E-state index in [2.05, 4.69) is 13.8 Å². The maximum absolute atomic E-state index is 10.7. The van der Waals surface area contributed by atoms with Gasteiger partial charge in [0.05, 0.1) is 5.41 Å². The van der Waals surface area contributed by atoms with Crippen LogP contribution in [0.5, 0.6) is 0 Å². The van der Waals surface area contributed by atoms with Crippen molar-refractivity contribution in [2.24, 2.45) is 5.41 Å². The van der Waals surface area contributed by atoms with Gasteiger partial charge in [-0.05, 0) is 20.3 Å². The summed E-state index contributed by atoms with van der Waals surface area (Å²) >= 11 is 1.73. The van der Waals surface area contributed by atoms with Crippen LogP contribution in [-0.2, 0) is 4.79 Å². The highest BCUT2D eigenvalue weighted by Gasteiger charge is 2.27. The molecule has 12 heavy (non-hydrogen) atoms. The summed E-state index contributed by atoms with van der Waals surface area (Å²) in [5.74, 6) is -0.0181. The molecule has 2 nitrogen and oxygen atoms in total. The molecule has 0 fully saturated rings. The molecule has 0 heterocycles. The second-order valence-electron chi connectivity index (χ2n) is 3.72. The third-order valence-corrected chi connectivity index (χ3v) is 3.67. The molecule has 3 heteroatoms. The van der Waals surface area contributed by atoms with E-state index in [-0.39, 0.29) is 0 Å². The number of thioether (sulfide) groups is 1. The molecular formula is C9H18O2S. The van der Waals surface area contributed by atoms with E-state index in [9.17, 15) is 4.79 Å². The SMILES string of the molecule is CCC(C)SCC(C)(C)C(=O)O. The van der Waals surface area contributed by atoms with Crippen molar-refractivity contribution in [1.29, 1.82) is 0 Å². The fraction of sp³-hybridized carbons (Fsp3) is 0.889. The normalized spacial score (nSPS) is 14.3. The quantitative estimate of drug-likeness (QED) is 0.724. The zero-order chi connectivity index (χ0) is 9.78. The Hall–Kier alpha value is -0.180. The van der Waals surface area contributed by atoms with Gasteiger partial charge in [-0.2, -0.15) is 11.8 Å². The Morgan fingerprint density at radius 1 is 1.58 bits per heavy atom. The molecule has 0 rings (SSSR count). The maximum Gasteiger partial charge on any atom is 0.309 e. The minimum atomic E-state index is -0.710. The molecule has 0 aliphatic rings. The van der Waals surface area contributed by atoms with Gasteiger partial charge in [0.25, 0.3) is 0 Å². The molecule has 1 unspecified atom stereocenters. The van der Waals surface area contributed by atoms with Crippen molar-refractivity contribution in [3.8, 4) is 0 Å². The zero-order valence-electron chi connectivity index (χ0n) is 8.26. The molecule has 0 saturated carbocycles. The lowest BCUT2D eigenvalue weighted by molar-refractivity contribution is -0.145. The Kier molecular flexibility index (Phi) is 4.68. The van der Waals surface area contributed by atoms with Crippen molar-refractivity contribution in [3.63, 3.8) is 0 Å². The summed E-state index contributed by atoms with van der Waals surface area (Å²) in [7, 11) is 0. The van der Waals surface area contributed by atoms with Gasteiger partial charge in [0.1, 0.15) is 0 Å². The molecule has 0 saturated heterocycles. The number of carboxylic acids is 1. The van der Waals surface area contributed by atoms with E-state index in [1.165, 1.54) is 0 Å². The smallest absolute Gasteiger partial charge is 0.309 e. The molecule has 0 aromatic heterocycles. The highest BCUT2D eigenvalue weighted by Crippen LogP contribution is 2.25. The van der Waals surface area contributed by atoms with E-state index in [4.69, 9.17) is 5.11 Å². The first-order valence-electron chi connectivity index (χ1n) is 4.25. The molecular weight excluding hydrogens is 172 g/mol. The lowest BCUT2D eigenvalue weighted by atomic mass is 9.97. The Balaban J connectivity index is 3.83. The Bertz CT molecular complexity index is 155. The first-order valence-corrected chi connectivity index (χ1v) is 5.30. The monoisotopic (exact) mass is 190 g/mol. The molecule has 0 radical (unpaired) electrons. The van der Waals surface area contributed by atoms with Gasteiger partial charge in [0.15, 0.2) is 0 Å². The van der Waals surface area contributed by atoms with Gasteiger partial charge < -0.3 is 5.11 Å². The molecule has 1 N–H and O–H groups in total. The van der Waals surface area contributed by atoms with E-state index in [0.29, 0.717) is 11.0 Å². The molecule has 72 valence electrons. The molecule has 0 aliphatic carbocycles. The predicted octanol–water partition coefficient (Wildman–Crippen LogP) is 2.63. The average Bonchev–Trinajstić information content (AvgIpc) is 2.00. The first kappa shape index (κ1) is 11.8. The Morgan fingerprint density at radius 2 is 2.08 bits per heavy atom. The lowest BCUT2D eigenvalue weighted by Crippen LogP contribution is -2.27. The molecule has 1 atom stereocenters. The van der Waals surface area contributed by atoms with Crippen LogP contribution < -0.4 is 0 Å². The van der Waals surface area contributed by atoms with Gasteiger partial charge in [-0.25, -0.2) is 0 Å². The van der Waals surface area contributed by atoms with Gasteiger partial charge in [-0.3, -0.25) is 4.79 Å². The number of carboxylic acid groups (broad SMARTS) is 1. The third-order valence-electron chi connectivity index (χ3n) is 1.88. The van der Waals surface area contributed by atoms with E-state index in [1.54, 1.807) is 25.6 Å². The topological polar surface area (TPSA) is 37.3 Å². The van der Waals surface area contributed by atoms with Gasteiger partial charge in [0, 0.05) is 11.0 Å². The van der Waals surface area contributed by atoms with Crippen molar-refractivity contribution in [2.45, 2.75) is 39.4 Å². The van der Waals surface area contributed by atoms with Crippen LogP contribution >= 0.6 is 11.8 Å². The van der Waals surface area contributed by atoms with Gasteiger partial charge >= 0.3 is 5.97 Å². The van der Waals surface area contributed by atoms with Crippen LogP contribution in [0.2, 0.25) is 0 Å². The number of rotatable bonds is 5. The molecule has 0 aromatic carbocycles. The predicted molar refractivity (Wildman–Crippen MR) is 53.6 cm³/mol. The Labute approximate surface area is 78.7 Å². The highest BCUT2D eigenvalue weighted by atomic mass is 32.2. The second-order valence-corrected chi connectivity index (χ2v) is 5.15. The average molecular weight is 190 g/mol. The first-order chi connectivity index (χ1) is 5.40. The van der Waals surface area contributed by atoms with Crippen molar-refractivity contribution >= 4 is 17.7 Å². The largest absolute Gasteiger partial charge is 0.481 e. The third kappa shape index (κ3) is 4.00. The zero-order valence-corrected chi connectivity index (χ0v) is 9.07. The lowest BCUT2D eigenvalue weighted by Gasteiger charge is -2.20. The standard InChI is InChI=1S/C9H18O2S/c1-5-7(2)12-6-9(3,4)8(10)11/h7H,5-6H2,1-4H3,(H,10,11).